The molecule has 0 aromatic heterocycles. The monoisotopic (exact) mass is 380 g/mol. The summed E-state index contributed by atoms with van der Waals surface area (Å²) in [6, 6.07) is 18.5. The molecule has 2 N–H and O–H groups in total. The van der Waals surface area contributed by atoms with E-state index in [1.165, 1.54) is 16.7 Å². The van der Waals surface area contributed by atoms with Crippen molar-refractivity contribution >= 4 is 5.91 Å². The van der Waals surface area contributed by atoms with Crippen LogP contribution in [-0.4, -0.2) is 47.7 Å². The highest BCUT2D eigenvalue weighted by Crippen LogP contribution is 2.34. The zero-order valence-electron chi connectivity index (χ0n) is 17.2. The van der Waals surface area contributed by atoms with Crippen molar-refractivity contribution in [3.8, 4) is 0 Å². The molecule has 150 valence electrons. The van der Waals surface area contributed by atoms with Crippen molar-refractivity contribution < 1.29 is 9.90 Å². The Bertz CT molecular complexity index is 763. The molecule has 4 nitrogen and oxygen atoms in total. The van der Waals surface area contributed by atoms with E-state index >= 15 is 0 Å². The lowest BCUT2D eigenvalue weighted by molar-refractivity contribution is -0.134. The van der Waals surface area contributed by atoms with Crippen LogP contribution in [0.5, 0.6) is 0 Å². The molecule has 28 heavy (non-hydrogen) atoms. The van der Waals surface area contributed by atoms with Crippen LogP contribution in [0, 0.1) is 5.92 Å². The minimum absolute atomic E-state index is 0.0204. The molecule has 0 saturated heterocycles. The second-order valence-electron chi connectivity index (χ2n) is 8.32. The molecule has 2 aromatic rings. The molecule has 1 atom stereocenters. The van der Waals surface area contributed by atoms with Gasteiger partial charge in [-0.1, -0.05) is 68.4 Å². The van der Waals surface area contributed by atoms with Gasteiger partial charge in [0.1, 0.15) is 5.54 Å². The number of hydrogen-bond donors (Lipinski definition) is 2. The molecule has 0 spiro atoms. The lowest BCUT2D eigenvalue weighted by Gasteiger charge is -2.39. The van der Waals surface area contributed by atoms with E-state index in [2.05, 4.69) is 53.7 Å². The largest absolute Gasteiger partial charge is 0.394 e. The average molecular weight is 381 g/mol. The summed E-state index contributed by atoms with van der Waals surface area (Å²) in [5.41, 5.74) is 3.15. The SMILES string of the molecule is CC(C)[C@H](CO)NC(=O)C1(N(C)CCc2ccccc2)Cc2ccccc2C1. The minimum Gasteiger partial charge on any atom is -0.394 e. The van der Waals surface area contributed by atoms with Gasteiger partial charge in [-0.3, -0.25) is 9.69 Å². The Morgan fingerprint density at radius 1 is 1.07 bits per heavy atom. The Morgan fingerprint density at radius 2 is 1.64 bits per heavy atom. The van der Waals surface area contributed by atoms with Crippen molar-refractivity contribution in [3.63, 3.8) is 0 Å². The molecule has 1 aliphatic rings. The first-order chi connectivity index (χ1) is 13.5. The molecule has 0 bridgehead atoms. The third-order valence-electron chi connectivity index (χ3n) is 6.13. The van der Waals surface area contributed by atoms with Gasteiger partial charge in [-0.15, -0.1) is 0 Å². The number of rotatable bonds is 8. The summed E-state index contributed by atoms with van der Waals surface area (Å²) < 4.78 is 0. The summed E-state index contributed by atoms with van der Waals surface area (Å²) >= 11 is 0. The van der Waals surface area contributed by atoms with Crippen molar-refractivity contribution in [3.05, 3.63) is 71.3 Å². The van der Waals surface area contributed by atoms with Gasteiger partial charge >= 0.3 is 0 Å². The van der Waals surface area contributed by atoms with Crippen LogP contribution >= 0.6 is 0 Å². The summed E-state index contributed by atoms with van der Waals surface area (Å²) in [6.07, 6.45) is 2.31. The van der Waals surface area contributed by atoms with Crippen molar-refractivity contribution in [1.29, 1.82) is 0 Å². The Hall–Kier alpha value is -2.17. The van der Waals surface area contributed by atoms with Gasteiger partial charge < -0.3 is 10.4 Å². The van der Waals surface area contributed by atoms with Crippen molar-refractivity contribution in [1.82, 2.24) is 10.2 Å². The highest BCUT2D eigenvalue weighted by atomic mass is 16.3. The first kappa shape index (κ1) is 20.6. The van der Waals surface area contributed by atoms with Gasteiger partial charge in [-0.2, -0.15) is 0 Å². The van der Waals surface area contributed by atoms with Crippen LogP contribution in [0.1, 0.15) is 30.5 Å². The summed E-state index contributed by atoms with van der Waals surface area (Å²) in [5, 5.41) is 12.8. The number of nitrogens with one attached hydrogen (secondary N) is 1. The van der Waals surface area contributed by atoms with Gasteiger partial charge in [-0.05, 0) is 36.1 Å². The Morgan fingerprint density at radius 3 is 2.18 bits per heavy atom. The fourth-order valence-corrected chi connectivity index (χ4v) is 4.08. The maximum Gasteiger partial charge on any atom is 0.241 e. The fourth-order valence-electron chi connectivity index (χ4n) is 4.08. The Labute approximate surface area is 168 Å². The van der Waals surface area contributed by atoms with Gasteiger partial charge in [0, 0.05) is 19.4 Å². The molecule has 0 radical (unpaired) electrons. The zero-order chi connectivity index (χ0) is 20.1. The maximum atomic E-state index is 13.5. The second-order valence-corrected chi connectivity index (χ2v) is 8.32. The van der Waals surface area contributed by atoms with Crippen molar-refractivity contribution in [2.75, 3.05) is 20.2 Å². The first-order valence-corrected chi connectivity index (χ1v) is 10.2. The van der Waals surface area contributed by atoms with Gasteiger partial charge in [0.25, 0.3) is 0 Å². The molecular formula is C24H32N2O2. The zero-order valence-corrected chi connectivity index (χ0v) is 17.2. The van der Waals surface area contributed by atoms with E-state index in [0.29, 0.717) is 12.8 Å². The van der Waals surface area contributed by atoms with Crippen LogP contribution in [0.25, 0.3) is 0 Å². The molecular weight excluding hydrogens is 348 g/mol. The number of fused-ring (bicyclic) bond motifs is 1. The molecule has 1 amide bonds. The van der Waals surface area contributed by atoms with Gasteiger partial charge in [-0.25, -0.2) is 0 Å². The Kier molecular flexibility index (Phi) is 6.53. The van der Waals surface area contributed by atoms with Crippen LogP contribution in [0.15, 0.2) is 54.6 Å². The van der Waals surface area contributed by atoms with Gasteiger partial charge in [0.2, 0.25) is 5.91 Å². The third kappa shape index (κ3) is 4.29. The standard InChI is InChI=1S/C24H32N2O2/c1-18(2)22(17-27)25-23(28)24(15-20-11-7-8-12-21(20)16-24)26(3)14-13-19-9-5-4-6-10-19/h4-12,18,22,27H,13-17H2,1-3H3,(H,25,28)/t22-/m0/s1. The highest BCUT2D eigenvalue weighted by Gasteiger charge is 2.47. The fraction of sp³-hybridized carbons (Fsp3) is 0.458. The summed E-state index contributed by atoms with van der Waals surface area (Å²) in [5.74, 6) is 0.205. The summed E-state index contributed by atoms with van der Waals surface area (Å²) in [6.45, 7) is 4.81. The average Bonchev–Trinajstić information content (AvgIpc) is 3.11. The molecule has 2 aromatic carbocycles. The number of aliphatic hydroxyl groups is 1. The highest BCUT2D eigenvalue weighted by molar-refractivity contribution is 5.88. The van der Waals surface area contributed by atoms with E-state index in [1.807, 2.05) is 32.0 Å². The van der Waals surface area contributed by atoms with Crippen LogP contribution in [0.4, 0.5) is 0 Å². The van der Waals surface area contributed by atoms with E-state index in [4.69, 9.17) is 0 Å². The molecule has 0 saturated carbocycles. The molecule has 4 heteroatoms. The van der Waals surface area contributed by atoms with Gasteiger partial charge in [0.15, 0.2) is 0 Å². The predicted octanol–water partition coefficient (Wildman–Crippen LogP) is 2.83. The number of aliphatic hydroxyl groups excluding tert-OH is 1. The molecule has 1 aliphatic carbocycles. The molecule has 0 heterocycles. The summed E-state index contributed by atoms with van der Waals surface area (Å²) in [7, 11) is 2.05. The lowest BCUT2D eigenvalue weighted by Crippen LogP contribution is -2.61. The maximum absolute atomic E-state index is 13.5. The number of carbonyl (C=O) groups is 1. The van der Waals surface area contributed by atoms with Crippen molar-refractivity contribution in [2.24, 2.45) is 5.92 Å². The number of carbonyl (C=O) groups excluding carboxylic acids is 1. The van der Waals surface area contributed by atoms with Crippen LogP contribution in [-0.2, 0) is 24.1 Å². The number of amides is 1. The van der Waals surface area contributed by atoms with Crippen molar-refractivity contribution in [2.45, 2.75) is 44.7 Å². The number of nitrogens with zero attached hydrogens (tertiary/aromatic N) is 1. The summed E-state index contributed by atoms with van der Waals surface area (Å²) in [4.78, 5) is 15.7. The number of hydrogen-bond acceptors (Lipinski definition) is 3. The lowest BCUT2D eigenvalue weighted by atomic mass is 9.90. The first-order valence-electron chi connectivity index (χ1n) is 10.2. The Balaban J connectivity index is 1.82. The van der Waals surface area contributed by atoms with Crippen LogP contribution < -0.4 is 5.32 Å². The van der Waals surface area contributed by atoms with E-state index in [-0.39, 0.29) is 24.5 Å². The normalized spacial score (nSPS) is 16.2. The number of likely N-dealkylation sites (N-methyl/N-ethyl adjacent to an activating group) is 1. The van der Waals surface area contributed by atoms with E-state index in [0.717, 1.165) is 13.0 Å². The van der Waals surface area contributed by atoms with E-state index < -0.39 is 5.54 Å². The quantitative estimate of drug-likeness (QED) is 0.740. The third-order valence-corrected chi connectivity index (χ3v) is 6.13. The predicted molar refractivity (Wildman–Crippen MR) is 113 cm³/mol. The van der Waals surface area contributed by atoms with E-state index in [1.54, 1.807) is 0 Å². The van der Waals surface area contributed by atoms with Crippen LogP contribution in [0.3, 0.4) is 0 Å². The second kappa shape index (κ2) is 8.89. The number of benzene rings is 2. The van der Waals surface area contributed by atoms with E-state index in [9.17, 15) is 9.90 Å². The molecule has 0 fully saturated rings. The molecule has 0 aliphatic heterocycles. The topological polar surface area (TPSA) is 52.6 Å². The van der Waals surface area contributed by atoms with Gasteiger partial charge in [0.05, 0.1) is 12.6 Å². The minimum atomic E-state index is -0.610. The molecule has 3 rings (SSSR count). The molecule has 0 unspecified atom stereocenters. The smallest absolute Gasteiger partial charge is 0.241 e. The van der Waals surface area contributed by atoms with Crippen LogP contribution in [0.2, 0.25) is 0 Å².